The van der Waals surface area contributed by atoms with Crippen LogP contribution in [0.15, 0.2) is 36.4 Å². The molecule has 0 saturated heterocycles. The molecular weight excluding hydrogens is 266 g/mol. The van der Waals surface area contributed by atoms with Gasteiger partial charge in [-0.1, -0.05) is 12.1 Å². The fourth-order valence-electron chi connectivity index (χ4n) is 1.68. The summed E-state index contributed by atoms with van der Waals surface area (Å²) in [7, 11) is 0. The Kier molecular flexibility index (Phi) is 3.84. The van der Waals surface area contributed by atoms with E-state index in [1.807, 2.05) is 0 Å². The van der Waals surface area contributed by atoms with Crippen molar-refractivity contribution >= 4 is 17.3 Å². The summed E-state index contributed by atoms with van der Waals surface area (Å²) >= 11 is 0. The van der Waals surface area contributed by atoms with Crippen LogP contribution in [0.3, 0.4) is 0 Å². The van der Waals surface area contributed by atoms with Gasteiger partial charge in [-0.3, -0.25) is 0 Å². The number of anilines is 2. The van der Waals surface area contributed by atoms with Crippen LogP contribution >= 0.6 is 0 Å². The van der Waals surface area contributed by atoms with Gasteiger partial charge in [0.1, 0.15) is 0 Å². The van der Waals surface area contributed by atoms with E-state index in [2.05, 4.69) is 5.32 Å². The zero-order chi connectivity index (χ0) is 14.7. The van der Waals surface area contributed by atoms with E-state index in [9.17, 15) is 13.6 Å². The minimum absolute atomic E-state index is 0.0932. The Morgan fingerprint density at radius 1 is 1.10 bits per heavy atom. The van der Waals surface area contributed by atoms with Gasteiger partial charge >= 0.3 is 5.97 Å². The average molecular weight is 278 g/mol. The van der Waals surface area contributed by atoms with Crippen LogP contribution in [-0.2, 0) is 6.54 Å². The molecule has 0 aliphatic heterocycles. The molecule has 0 amide bonds. The smallest absolute Gasteiger partial charge is 0.338 e. The molecule has 0 aliphatic rings. The van der Waals surface area contributed by atoms with Crippen LogP contribution in [0.5, 0.6) is 0 Å². The van der Waals surface area contributed by atoms with Gasteiger partial charge in [-0.25, -0.2) is 13.6 Å². The molecule has 2 aromatic rings. The summed E-state index contributed by atoms with van der Waals surface area (Å²) < 4.78 is 27.1. The third-order valence-corrected chi connectivity index (χ3v) is 2.78. The van der Waals surface area contributed by atoms with E-state index in [0.29, 0.717) is 5.69 Å². The van der Waals surface area contributed by atoms with Gasteiger partial charge in [-0.05, 0) is 29.8 Å². The number of hydrogen-bond donors (Lipinski definition) is 3. The lowest BCUT2D eigenvalue weighted by Gasteiger charge is -2.09. The number of carboxylic acid groups (broad SMARTS) is 1. The molecule has 6 heteroatoms. The van der Waals surface area contributed by atoms with E-state index in [0.717, 1.165) is 11.6 Å². The minimum atomic E-state index is -1.51. The van der Waals surface area contributed by atoms with Gasteiger partial charge in [0.2, 0.25) is 0 Å². The van der Waals surface area contributed by atoms with Crippen molar-refractivity contribution in [2.45, 2.75) is 6.54 Å². The van der Waals surface area contributed by atoms with E-state index in [-0.39, 0.29) is 12.2 Å². The lowest BCUT2D eigenvalue weighted by atomic mass is 10.1. The Morgan fingerprint density at radius 3 is 2.35 bits per heavy atom. The van der Waals surface area contributed by atoms with E-state index in [1.54, 1.807) is 24.3 Å². The number of halogens is 2. The minimum Gasteiger partial charge on any atom is -0.478 e. The van der Waals surface area contributed by atoms with E-state index >= 15 is 0 Å². The van der Waals surface area contributed by atoms with Gasteiger partial charge in [0.05, 0.1) is 11.3 Å². The predicted octanol–water partition coefficient (Wildman–Crippen LogP) is 2.86. The molecule has 2 aromatic carbocycles. The number of nitrogens with two attached hydrogens (primary N) is 1. The molecule has 0 spiro atoms. The number of nitrogen functional groups attached to an aromatic ring is 1. The zero-order valence-corrected chi connectivity index (χ0v) is 10.4. The van der Waals surface area contributed by atoms with Crippen LogP contribution in [-0.4, -0.2) is 11.1 Å². The van der Waals surface area contributed by atoms with Crippen molar-refractivity contribution in [1.82, 2.24) is 0 Å². The molecule has 0 atom stereocenters. The number of rotatable bonds is 4. The lowest BCUT2D eigenvalue weighted by Crippen LogP contribution is -2.07. The first-order chi connectivity index (χ1) is 9.49. The molecule has 0 unspecified atom stereocenters. The third kappa shape index (κ3) is 2.85. The van der Waals surface area contributed by atoms with Crippen LogP contribution in [0.2, 0.25) is 0 Å². The summed E-state index contributed by atoms with van der Waals surface area (Å²) in [5.41, 5.74) is 6.19. The highest BCUT2D eigenvalue weighted by molar-refractivity contribution is 5.88. The normalized spacial score (nSPS) is 10.3. The molecule has 20 heavy (non-hydrogen) atoms. The van der Waals surface area contributed by atoms with Crippen LogP contribution in [0, 0.1) is 11.6 Å². The first kappa shape index (κ1) is 13.8. The van der Waals surface area contributed by atoms with Gasteiger partial charge in [0.15, 0.2) is 11.6 Å². The van der Waals surface area contributed by atoms with Crippen LogP contribution < -0.4 is 11.1 Å². The molecule has 2 rings (SSSR count). The largest absolute Gasteiger partial charge is 0.478 e. The number of benzene rings is 2. The van der Waals surface area contributed by atoms with Gasteiger partial charge in [0.25, 0.3) is 0 Å². The second-order valence-corrected chi connectivity index (χ2v) is 4.19. The Morgan fingerprint density at radius 2 is 1.75 bits per heavy atom. The summed E-state index contributed by atoms with van der Waals surface area (Å²) in [5.74, 6) is -4.09. The molecule has 104 valence electrons. The Hall–Kier alpha value is -2.63. The molecule has 0 aromatic heterocycles. The summed E-state index contributed by atoms with van der Waals surface area (Å²) in [5, 5.41) is 11.4. The van der Waals surface area contributed by atoms with Crippen LogP contribution in [0.25, 0.3) is 0 Å². The number of carboxylic acids is 1. The highest BCUT2D eigenvalue weighted by Gasteiger charge is 2.17. The van der Waals surface area contributed by atoms with Crippen molar-refractivity contribution in [2.24, 2.45) is 0 Å². The lowest BCUT2D eigenvalue weighted by molar-refractivity contribution is 0.0690. The van der Waals surface area contributed by atoms with E-state index < -0.39 is 23.2 Å². The first-order valence-electron chi connectivity index (χ1n) is 5.78. The van der Waals surface area contributed by atoms with E-state index in [1.165, 1.54) is 6.07 Å². The van der Waals surface area contributed by atoms with Gasteiger partial charge in [-0.2, -0.15) is 0 Å². The van der Waals surface area contributed by atoms with Crippen molar-refractivity contribution in [1.29, 1.82) is 0 Å². The topological polar surface area (TPSA) is 75.3 Å². The Balaban J connectivity index is 2.16. The Labute approximate surface area is 113 Å². The maximum atomic E-state index is 13.7. The highest BCUT2D eigenvalue weighted by Crippen LogP contribution is 2.21. The Bertz CT molecular complexity index is 642. The van der Waals surface area contributed by atoms with Crippen LogP contribution in [0.1, 0.15) is 15.9 Å². The summed E-state index contributed by atoms with van der Waals surface area (Å²) in [4.78, 5) is 10.7. The van der Waals surface area contributed by atoms with Gasteiger partial charge in [-0.15, -0.1) is 0 Å². The molecule has 0 heterocycles. The molecular formula is C14H12F2N2O2. The number of nitrogens with one attached hydrogen (secondary N) is 1. The second-order valence-electron chi connectivity index (χ2n) is 4.19. The van der Waals surface area contributed by atoms with Crippen molar-refractivity contribution < 1.29 is 18.7 Å². The van der Waals surface area contributed by atoms with Crippen molar-refractivity contribution in [2.75, 3.05) is 11.1 Å². The average Bonchev–Trinajstić information content (AvgIpc) is 2.42. The fraction of sp³-hybridized carbons (Fsp3) is 0.0714. The standard InChI is InChI=1S/C14H12F2N2O2/c15-12-10(14(19)20)5-6-11(13(12)16)18-7-8-1-3-9(17)4-2-8/h1-6,18H,7,17H2,(H,19,20). The molecule has 0 radical (unpaired) electrons. The number of hydrogen-bond acceptors (Lipinski definition) is 3. The molecule has 0 saturated carbocycles. The molecule has 0 aliphatic carbocycles. The van der Waals surface area contributed by atoms with Crippen molar-refractivity contribution in [3.63, 3.8) is 0 Å². The summed E-state index contributed by atoms with van der Waals surface area (Å²) in [6, 6.07) is 9.11. The molecule has 4 nitrogen and oxygen atoms in total. The third-order valence-electron chi connectivity index (χ3n) is 2.78. The first-order valence-corrected chi connectivity index (χ1v) is 5.78. The number of aromatic carboxylic acids is 1. The SMILES string of the molecule is Nc1ccc(CNc2ccc(C(=O)O)c(F)c2F)cc1. The fourth-order valence-corrected chi connectivity index (χ4v) is 1.68. The summed E-state index contributed by atoms with van der Waals surface area (Å²) in [6.07, 6.45) is 0. The molecule has 4 N–H and O–H groups in total. The summed E-state index contributed by atoms with van der Waals surface area (Å²) in [6.45, 7) is 0.267. The second kappa shape index (κ2) is 5.56. The predicted molar refractivity (Wildman–Crippen MR) is 71.5 cm³/mol. The molecule has 0 fully saturated rings. The maximum absolute atomic E-state index is 13.7. The molecule has 0 bridgehead atoms. The zero-order valence-electron chi connectivity index (χ0n) is 10.4. The van der Waals surface area contributed by atoms with Gasteiger partial charge < -0.3 is 16.2 Å². The van der Waals surface area contributed by atoms with Crippen molar-refractivity contribution in [3.05, 3.63) is 59.2 Å². The van der Waals surface area contributed by atoms with Gasteiger partial charge in [0, 0.05) is 12.2 Å². The van der Waals surface area contributed by atoms with Crippen LogP contribution in [0.4, 0.5) is 20.2 Å². The highest BCUT2D eigenvalue weighted by atomic mass is 19.2. The quantitative estimate of drug-likeness (QED) is 0.752. The monoisotopic (exact) mass is 278 g/mol. The number of carbonyl (C=O) groups is 1. The van der Waals surface area contributed by atoms with Crippen molar-refractivity contribution in [3.8, 4) is 0 Å². The van der Waals surface area contributed by atoms with E-state index in [4.69, 9.17) is 10.8 Å². The maximum Gasteiger partial charge on any atom is 0.338 e.